The van der Waals surface area contributed by atoms with Crippen LogP contribution in [-0.2, 0) is 11.3 Å². The summed E-state index contributed by atoms with van der Waals surface area (Å²) in [6.07, 6.45) is 1.89. The Bertz CT molecular complexity index is 444. The zero-order chi connectivity index (χ0) is 13.2. The molecule has 0 bridgehead atoms. The van der Waals surface area contributed by atoms with Crippen LogP contribution in [0, 0.1) is 11.8 Å². The lowest BCUT2D eigenvalue weighted by Crippen LogP contribution is -2.38. The number of amides is 1. The van der Waals surface area contributed by atoms with E-state index in [2.05, 4.69) is 0 Å². The van der Waals surface area contributed by atoms with E-state index < -0.39 is 0 Å². The van der Waals surface area contributed by atoms with E-state index >= 15 is 0 Å². The van der Waals surface area contributed by atoms with E-state index in [0.717, 1.165) is 24.9 Å². The zero-order valence-electron chi connectivity index (χ0n) is 10.9. The Hall–Kier alpha value is -1.55. The van der Waals surface area contributed by atoms with Crippen LogP contribution < -0.4 is 0 Å². The van der Waals surface area contributed by atoms with E-state index in [4.69, 9.17) is 4.74 Å². The molecule has 0 aromatic heterocycles. The summed E-state index contributed by atoms with van der Waals surface area (Å²) in [7, 11) is 0. The summed E-state index contributed by atoms with van der Waals surface area (Å²) in [6.45, 7) is 1.25. The summed E-state index contributed by atoms with van der Waals surface area (Å²) in [5.74, 6) is 0.759. The number of aliphatic hydroxyl groups is 1. The number of aliphatic hydroxyl groups excluding tert-OH is 1. The van der Waals surface area contributed by atoms with Gasteiger partial charge in [0.1, 0.15) is 6.61 Å². The lowest BCUT2D eigenvalue weighted by atomic mass is 10.1. The Morgan fingerprint density at radius 1 is 1.37 bits per heavy atom. The van der Waals surface area contributed by atoms with Gasteiger partial charge in [-0.05, 0) is 24.3 Å². The van der Waals surface area contributed by atoms with E-state index in [9.17, 15) is 9.90 Å². The van der Waals surface area contributed by atoms with Crippen molar-refractivity contribution in [2.45, 2.75) is 25.5 Å². The minimum Gasteiger partial charge on any atom is -0.445 e. The van der Waals surface area contributed by atoms with Gasteiger partial charge in [-0.3, -0.25) is 0 Å². The van der Waals surface area contributed by atoms with Crippen molar-refractivity contribution in [3.8, 4) is 0 Å². The number of likely N-dealkylation sites (tertiary alicyclic amines) is 1. The molecule has 1 saturated heterocycles. The average molecular weight is 261 g/mol. The van der Waals surface area contributed by atoms with Crippen molar-refractivity contribution >= 4 is 6.09 Å². The van der Waals surface area contributed by atoms with Gasteiger partial charge in [-0.1, -0.05) is 30.3 Å². The van der Waals surface area contributed by atoms with Crippen molar-refractivity contribution in [1.82, 2.24) is 4.90 Å². The Kier molecular flexibility index (Phi) is 3.42. The van der Waals surface area contributed by atoms with Crippen LogP contribution >= 0.6 is 0 Å². The van der Waals surface area contributed by atoms with Crippen LogP contribution in [-0.4, -0.2) is 35.3 Å². The van der Waals surface area contributed by atoms with Crippen molar-refractivity contribution in [2.24, 2.45) is 11.8 Å². The Morgan fingerprint density at radius 2 is 2.16 bits per heavy atom. The van der Waals surface area contributed by atoms with Crippen LogP contribution in [0.25, 0.3) is 0 Å². The van der Waals surface area contributed by atoms with E-state index in [-0.39, 0.29) is 24.7 Å². The van der Waals surface area contributed by atoms with Gasteiger partial charge in [-0.2, -0.15) is 0 Å². The molecule has 3 unspecified atom stereocenters. The summed E-state index contributed by atoms with van der Waals surface area (Å²) in [5.41, 5.74) is 0.999. The molecule has 102 valence electrons. The fourth-order valence-electron chi connectivity index (χ4n) is 3.18. The molecule has 1 amide bonds. The summed E-state index contributed by atoms with van der Waals surface area (Å²) in [4.78, 5) is 13.9. The van der Waals surface area contributed by atoms with Crippen LogP contribution in [0.1, 0.15) is 18.4 Å². The monoisotopic (exact) mass is 261 g/mol. The molecule has 3 atom stereocenters. The maximum Gasteiger partial charge on any atom is 0.410 e. The van der Waals surface area contributed by atoms with Crippen molar-refractivity contribution in [1.29, 1.82) is 0 Å². The van der Waals surface area contributed by atoms with Gasteiger partial charge in [-0.25, -0.2) is 4.79 Å². The number of nitrogens with zero attached hydrogens (tertiary/aromatic N) is 1. The van der Waals surface area contributed by atoms with Gasteiger partial charge in [-0.15, -0.1) is 0 Å². The van der Waals surface area contributed by atoms with Gasteiger partial charge < -0.3 is 14.7 Å². The van der Waals surface area contributed by atoms with E-state index in [1.165, 1.54) is 0 Å². The maximum absolute atomic E-state index is 12.1. The average Bonchev–Trinajstić information content (AvgIpc) is 3.19. The zero-order valence-corrected chi connectivity index (χ0v) is 10.9. The summed E-state index contributed by atoms with van der Waals surface area (Å²) >= 11 is 0. The largest absolute Gasteiger partial charge is 0.445 e. The lowest BCUT2D eigenvalue weighted by Gasteiger charge is -2.25. The highest BCUT2D eigenvalue weighted by Crippen LogP contribution is 2.49. The van der Waals surface area contributed by atoms with Gasteiger partial charge in [0.05, 0.1) is 0 Å². The normalized spacial score (nSPS) is 28.7. The highest BCUT2D eigenvalue weighted by Gasteiger charge is 2.56. The molecule has 3 rings (SSSR count). The number of rotatable bonds is 3. The molecule has 4 nitrogen and oxygen atoms in total. The number of benzene rings is 1. The molecule has 2 aliphatic rings. The van der Waals surface area contributed by atoms with Gasteiger partial charge >= 0.3 is 6.09 Å². The fourth-order valence-corrected chi connectivity index (χ4v) is 3.18. The smallest absolute Gasteiger partial charge is 0.410 e. The Morgan fingerprint density at radius 3 is 2.89 bits per heavy atom. The number of carbonyl (C=O) groups excluding carboxylic acids is 1. The van der Waals surface area contributed by atoms with Crippen LogP contribution in [0.5, 0.6) is 0 Å². The number of ether oxygens (including phenoxy) is 1. The molecule has 0 spiro atoms. The third kappa shape index (κ3) is 2.45. The number of hydrogen-bond donors (Lipinski definition) is 1. The first-order valence-electron chi connectivity index (χ1n) is 6.89. The number of hydrogen-bond acceptors (Lipinski definition) is 3. The highest BCUT2D eigenvalue weighted by atomic mass is 16.6. The molecule has 1 aromatic rings. The number of carbonyl (C=O) groups is 1. The second kappa shape index (κ2) is 5.21. The van der Waals surface area contributed by atoms with Gasteiger partial charge in [0.15, 0.2) is 0 Å². The van der Waals surface area contributed by atoms with Crippen LogP contribution in [0.15, 0.2) is 30.3 Å². The first kappa shape index (κ1) is 12.5. The molecule has 4 heteroatoms. The topological polar surface area (TPSA) is 49.8 Å². The van der Waals surface area contributed by atoms with Gasteiger partial charge in [0.2, 0.25) is 0 Å². The SMILES string of the molecule is O=C(OCc1ccccc1)N1CCCC2C(CO)C21. The first-order valence-corrected chi connectivity index (χ1v) is 6.89. The molecule has 1 N–H and O–H groups in total. The van der Waals surface area contributed by atoms with E-state index in [1.807, 2.05) is 30.3 Å². The predicted octanol–water partition coefficient (Wildman–Crippen LogP) is 2.03. The third-order valence-corrected chi connectivity index (χ3v) is 4.23. The quantitative estimate of drug-likeness (QED) is 0.905. The lowest BCUT2D eigenvalue weighted by molar-refractivity contribution is 0.0840. The second-order valence-corrected chi connectivity index (χ2v) is 5.38. The molecule has 1 saturated carbocycles. The number of piperidine rings is 1. The molecule has 19 heavy (non-hydrogen) atoms. The Labute approximate surface area is 113 Å². The third-order valence-electron chi connectivity index (χ3n) is 4.23. The van der Waals surface area contributed by atoms with Crippen LogP contribution in [0.2, 0.25) is 0 Å². The van der Waals surface area contributed by atoms with Gasteiger partial charge in [0.25, 0.3) is 0 Å². The molecular weight excluding hydrogens is 242 g/mol. The van der Waals surface area contributed by atoms with Crippen molar-refractivity contribution in [3.63, 3.8) is 0 Å². The van der Waals surface area contributed by atoms with E-state index in [1.54, 1.807) is 4.90 Å². The summed E-state index contributed by atoms with van der Waals surface area (Å²) in [6, 6.07) is 9.91. The number of fused-ring (bicyclic) bond motifs is 1. The molecule has 1 aliphatic carbocycles. The van der Waals surface area contributed by atoms with Crippen molar-refractivity contribution in [2.75, 3.05) is 13.2 Å². The molecule has 1 aliphatic heterocycles. The molecular formula is C15H19NO3. The second-order valence-electron chi connectivity index (χ2n) is 5.38. The minimum absolute atomic E-state index is 0.178. The first-order chi connectivity index (χ1) is 9.31. The predicted molar refractivity (Wildman–Crippen MR) is 70.4 cm³/mol. The molecule has 1 heterocycles. The summed E-state index contributed by atoms with van der Waals surface area (Å²) < 4.78 is 5.36. The highest BCUT2D eigenvalue weighted by molar-refractivity contribution is 5.69. The van der Waals surface area contributed by atoms with Crippen molar-refractivity contribution < 1.29 is 14.6 Å². The maximum atomic E-state index is 12.1. The Balaban J connectivity index is 1.56. The molecule has 2 fully saturated rings. The van der Waals surface area contributed by atoms with Crippen molar-refractivity contribution in [3.05, 3.63) is 35.9 Å². The van der Waals surface area contributed by atoms with E-state index in [0.29, 0.717) is 12.5 Å². The summed E-state index contributed by atoms with van der Waals surface area (Å²) in [5, 5.41) is 9.27. The van der Waals surface area contributed by atoms with Gasteiger partial charge in [0, 0.05) is 25.1 Å². The standard InChI is InChI=1S/C15H19NO3/c17-9-13-12-7-4-8-16(14(12)13)15(18)19-10-11-5-2-1-3-6-11/h1-3,5-6,12-14,17H,4,7-10H2. The van der Waals surface area contributed by atoms with Crippen LogP contribution in [0.4, 0.5) is 4.79 Å². The molecule has 1 aromatic carbocycles. The fraction of sp³-hybridized carbons (Fsp3) is 0.533. The van der Waals surface area contributed by atoms with Crippen LogP contribution in [0.3, 0.4) is 0 Å². The molecule has 0 radical (unpaired) electrons. The minimum atomic E-state index is -0.241.